The predicted molar refractivity (Wildman–Crippen MR) is 116 cm³/mol. The number of methoxy groups -OCH3 is 3. The standard InChI is InChI=1S/C18H22N4O4.HI/c1-24-15-9-8-14(10-16(15)25-2)21-17(19)20-11-12-4-6-13(7-5-12)22-18(23)26-3;/h4-10H,11H2,1-3H3,(H,22,23)(H3,19,20,21);1H. The zero-order valence-electron chi connectivity index (χ0n) is 15.3. The van der Waals surface area contributed by atoms with Crippen molar-refractivity contribution in [3.63, 3.8) is 0 Å². The number of aliphatic imine (C=N–C) groups is 1. The molecule has 0 unspecified atom stereocenters. The lowest BCUT2D eigenvalue weighted by atomic mass is 10.2. The number of halogens is 1. The van der Waals surface area contributed by atoms with Crippen molar-refractivity contribution < 1.29 is 19.0 Å². The van der Waals surface area contributed by atoms with Crippen LogP contribution in [0.2, 0.25) is 0 Å². The molecule has 0 radical (unpaired) electrons. The van der Waals surface area contributed by atoms with E-state index < -0.39 is 6.09 Å². The van der Waals surface area contributed by atoms with E-state index in [0.717, 1.165) is 11.3 Å². The van der Waals surface area contributed by atoms with Crippen molar-refractivity contribution in [3.05, 3.63) is 48.0 Å². The van der Waals surface area contributed by atoms with Gasteiger partial charge < -0.3 is 25.3 Å². The number of benzene rings is 2. The quantitative estimate of drug-likeness (QED) is 0.328. The summed E-state index contributed by atoms with van der Waals surface area (Å²) in [7, 11) is 4.46. The number of guanidine groups is 1. The van der Waals surface area contributed by atoms with E-state index in [4.69, 9.17) is 15.2 Å². The van der Waals surface area contributed by atoms with Gasteiger partial charge in [0.25, 0.3) is 0 Å². The van der Waals surface area contributed by atoms with Gasteiger partial charge in [-0.25, -0.2) is 9.79 Å². The summed E-state index contributed by atoms with van der Waals surface area (Å²) in [4.78, 5) is 15.4. The van der Waals surface area contributed by atoms with Crippen LogP contribution in [-0.2, 0) is 11.3 Å². The predicted octanol–water partition coefficient (Wildman–Crippen LogP) is 3.43. The number of carbonyl (C=O) groups is 1. The molecular weight excluding hydrogens is 463 g/mol. The number of rotatable bonds is 6. The lowest BCUT2D eigenvalue weighted by Crippen LogP contribution is -2.22. The fourth-order valence-corrected chi connectivity index (χ4v) is 2.14. The van der Waals surface area contributed by atoms with Crippen LogP contribution in [0.15, 0.2) is 47.5 Å². The minimum Gasteiger partial charge on any atom is -0.493 e. The van der Waals surface area contributed by atoms with Crippen LogP contribution >= 0.6 is 24.0 Å². The molecule has 0 aliphatic rings. The fraction of sp³-hybridized carbons (Fsp3) is 0.222. The van der Waals surface area contributed by atoms with Crippen LogP contribution in [0.4, 0.5) is 16.2 Å². The lowest BCUT2D eigenvalue weighted by Gasteiger charge is -2.11. The Labute approximate surface area is 175 Å². The number of carbonyl (C=O) groups excluding carboxylic acids is 1. The minimum atomic E-state index is -0.515. The number of nitrogens with zero attached hydrogens (tertiary/aromatic N) is 1. The molecule has 0 atom stereocenters. The number of nitrogens with one attached hydrogen (secondary N) is 2. The molecule has 2 rings (SSSR count). The molecule has 0 saturated heterocycles. The minimum absolute atomic E-state index is 0. The Morgan fingerprint density at radius 3 is 2.19 bits per heavy atom. The van der Waals surface area contributed by atoms with E-state index in [1.807, 2.05) is 18.2 Å². The fourth-order valence-electron chi connectivity index (χ4n) is 2.14. The zero-order valence-corrected chi connectivity index (χ0v) is 17.6. The molecule has 0 aromatic heterocycles. The Hall–Kier alpha value is -2.69. The Balaban J connectivity index is 0.00000364. The molecule has 2 aromatic carbocycles. The topological polar surface area (TPSA) is 107 Å². The highest BCUT2D eigenvalue weighted by Crippen LogP contribution is 2.29. The summed E-state index contributed by atoms with van der Waals surface area (Å²) in [6.45, 7) is 0.393. The summed E-state index contributed by atoms with van der Waals surface area (Å²) < 4.78 is 15.0. The third-order valence-corrected chi connectivity index (χ3v) is 3.47. The number of hydrogen-bond acceptors (Lipinski definition) is 5. The van der Waals surface area contributed by atoms with Crippen molar-refractivity contribution in [2.45, 2.75) is 6.54 Å². The van der Waals surface area contributed by atoms with Gasteiger partial charge in [0.2, 0.25) is 0 Å². The van der Waals surface area contributed by atoms with E-state index in [2.05, 4.69) is 20.4 Å². The Bertz CT molecular complexity index is 781. The molecule has 4 N–H and O–H groups in total. The first-order valence-electron chi connectivity index (χ1n) is 7.78. The van der Waals surface area contributed by atoms with E-state index in [0.29, 0.717) is 23.7 Å². The summed E-state index contributed by atoms with van der Waals surface area (Å²) in [5.74, 6) is 1.50. The van der Waals surface area contributed by atoms with E-state index >= 15 is 0 Å². The molecule has 27 heavy (non-hydrogen) atoms. The zero-order chi connectivity index (χ0) is 18.9. The second-order valence-electron chi connectivity index (χ2n) is 5.21. The van der Waals surface area contributed by atoms with E-state index in [1.165, 1.54) is 7.11 Å². The second kappa shape index (κ2) is 11.1. The van der Waals surface area contributed by atoms with Gasteiger partial charge in [-0.2, -0.15) is 0 Å². The van der Waals surface area contributed by atoms with Crippen LogP contribution in [0.3, 0.4) is 0 Å². The lowest BCUT2D eigenvalue weighted by molar-refractivity contribution is 0.187. The molecule has 146 valence electrons. The highest BCUT2D eigenvalue weighted by atomic mass is 127. The average molecular weight is 486 g/mol. The van der Waals surface area contributed by atoms with Crippen LogP contribution in [0.25, 0.3) is 0 Å². The molecule has 1 amide bonds. The first-order chi connectivity index (χ1) is 12.5. The highest BCUT2D eigenvalue weighted by Gasteiger charge is 2.05. The van der Waals surface area contributed by atoms with Crippen molar-refractivity contribution in [2.24, 2.45) is 10.7 Å². The molecule has 0 aliphatic heterocycles. The maximum absolute atomic E-state index is 11.1. The molecule has 0 saturated carbocycles. The number of anilines is 2. The normalized spacial score (nSPS) is 10.4. The number of nitrogens with two attached hydrogens (primary N) is 1. The Morgan fingerprint density at radius 2 is 1.59 bits per heavy atom. The van der Waals surface area contributed by atoms with Crippen LogP contribution in [0.5, 0.6) is 11.5 Å². The molecule has 0 aliphatic carbocycles. The van der Waals surface area contributed by atoms with Crippen LogP contribution in [-0.4, -0.2) is 33.4 Å². The summed E-state index contributed by atoms with van der Waals surface area (Å²) in [5, 5.41) is 5.58. The van der Waals surface area contributed by atoms with Gasteiger partial charge in [0.15, 0.2) is 17.5 Å². The molecule has 0 heterocycles. The van der Waals surface area contributed by atoms with Gasteiger partial charge in [-0.3, -0.25) is 5.32 Å². The van der Waals surface area contributed by atoms with Gasteiger partial charge in [-0.15, -0.1) is 24.0 Å². The van der Waals surface area contributed by atoms with E-state index in [-0.39, 0.29) is 29.9 Å². The first kappa shape index (κ1) is 22.4. The molecule has 2 aromatic rings. The number of amides is 1. The largest absolute Gasteiger partial charge is 0.493 e. The van der Waals surface area contributed by atoms with Gasteiger partial charge in [-0.05, 0) is 29.8 Å². The van der Waals surface area contributed by atoms with Crippen LogP contribution < -0.4 is 25.8 Å². The maximum Gasteiger partial charge on any atom is 0.411 e. The summed E-state index contributed by atoms with van der Waals surface area (Å²) in [6.07, 6.45) is -0.515. The second-order valence-corrected chi connectivity index (χ2v) is 5.21. The van der Waals surface area contributed by atoms with Crippen LogP contribution in [0, 0.1) is 0 Å². The molecule has 8 nitrogen and oxygen atoms in total. The van der Waals surface area contributed by atoms with Gasteiger partial charge in [-0.1, -0.05) is 12.1 Å². The third-order valence-electron chi connectivity index (χ3n) is 3.47. The van der Waals surface area contributed by atoms with Crippen molar-refractivity contribution in [1.82, 2.24) is 0 Å². The molecular formula is C18H23IN4O4. The number of ether oxygens (including phenoxy) is 3. The van der Waals surface area contributed by atoms with E-state index in [1.54, 1.807) is 38.5 Å². The van der Waals surface area contributed by atoms with Crippen molar-refractivity contribution >= 4 is 47.4 Å². The summed E-state index contributed by atoms with van der Waals surface area (Å²) in [5.41, 5.74) is 8.24. The van der Waals surface area contributed by atoms with Gasteiger partial charge in [0.1, 0.15) is 0 Å². The Kier molecular flexibility index (Phi) is 9.20. The number of hydrogen-bond donors (Lipinski definition) is 3. The van der Waals surface area contributed by atoms with Gasteiger partial charge >= 0.3 is 6.09 Å². The molecule has 0 spiro atoms. The van der Waals surface area contributed by atoms with Crippen molar-refractivity contribution in [2.75, 3.05) is 32.0 Å². The van der Waals surface area contributed by atoms with Crippen molar-refractivity contribution in [1.29, 1.82) is 0 Å². The monoisotopic (exact) mass is 486 g/mol. The average Bonchev–Trinajstić information content (AvgIpc) is 2.67. The first-order valence-corrected chi connectivity index (χ1v) is 7.78. The maximum atomic E-state index is 11.1. The Morgan fingerprint density at radius 1 is 0.963 bits per heavy atom. The van der Waals surface area contributed by atoms with Crippen LogP contribution in [0.1, 0.15) is 5.56 Å². The van der Waals surface area contributed by atoms with Crippen molar-refractivity contribution in [3.8, 4) is 11.5 Å². The third kappa shape index (κ3) is 6.85. The SMILES string of the molecule is COC(=O)Nc1ccc(CN=C(N)Nc2ccc(OC)c(OC)c2)cc1.I. The summed E-state index contributed by atoms with van der Waals surface area (Å²) in [6, 6.07) is 12.6. The molecule has 0 bridgehead atoms. The van der Waals surface area contributed by atoms with E-state index in [9.17, 15) is 4.79 Å². The smallest absolute Gasteiger partial charge is 0.411 e. The molecule has 9 heteroatoms. The van der Waals surface area contributed by atoms with Gasteiger partial charge in [0.05, 0.1) is 27.9 Å². The van der Waals surface area contributed by atoms with Gasteiger partial charge in [0, 0.05) is 17.4 Å². The highest BCUT2D eigenvalue weighted by molar-refractivity contribution is 14.0. The summed E-state index contributed by atoms with van der Waals surface area (Å²) >= 11 is 0. The molecule has 0 fully saturated rings.